The normalized spacial score (nSPS) is 17.2. The van der Waals surface area contributed by atoms with E-state index in [1.54, 1.807) is 48.5 Å². The van der Waals surface area contributed by atoms with Crippen LogP contribution in [0.4, 0.5) is 5.69 Å². The van der Waals surface area contributed by atoms with E-state index in [4.69, 9.17) is 10.5 Å². The van der Waals surface area contributed by atoms with Crippen molar-refractivity contribution in [1.29, 1.82) is 0 Å². The maximum atomic E-state index is 12.8. The Balaban J connectivity index is 1.98. The van der Waals surface area contributed by atoms with Gasteiger partial charge in [-0.3, -0.25) is 9.10 Å². The van der Waals surface area contributed by atoms with E-state index in [0.29, 0.717) is 17.0 Å². The molecule has 0 saturated heterocycles. The molecule has 1 aliphatic rings. The minimum absolute atomic E-state index is 0.123. The van der Waals surface area contributed by atoms with Crippen molar-refractivity contribution in [3.8, 4) is 5.75 Å². The summed E-state index contributed by atoms with van der Waals surface area (Å²) in [5, 5.41) is 0. The fourth-order valence-corrected chi connectivity index (χ4v) is 4.06. The molecular weight excluding hydrogens is 316 g/mol. The number of carbonyl (C=O) groups is 1. The van der Waals surface area contributed by atoms with Crippen LogP contribution in [-0.4, -0.2) is 27.0 Å². The molecule has 0 saturated carbocycles. The number of hydrogen-bond acceptors (Lipinski definition) is 4. The topological polar surface area (TPSA) is 89.7 Å². The summed E-state index contributed by atoms with van der Waals surface area (Å²) in [7, 11) is -3.67. The van der Waals surface area contributed by atoms with Gasteiger partial charge >= 0.3 is 0 Å². The number of nitrogens with zero attached hydrogens (tertiary/aromatic N) is 1. The maximum Gasteiger partial charge on any atom is 0.260 e. The predicted octanol–water partition coefficient (Wildman–Crippen LogP) is 1.27. The number of carbonyl (C=O) groups excluding carboxylic acids is 1. The first-order chi connectivity index (χ1) is 11.0. The van der Waals surface area contributed by atoms with Gasteiger partial charge in [-0.05, 0) is 17.7 Å². The number of hydrogen-bond donors (Lipinski definition) is 1. The van der Waals surface area contributed by atoms with Crippen molar-refractivity contribution < 1.29 is 17.9 Å². The molecule has 0 fully saturated rings. The highest BCUT2D eigenvalue weighted by molar-refractivity contribution is 7.92. The van der Waals surface area contributed by atoms with Crippen LogP contribution in [0.25, 0.3) is 0 Å². The van der Waals surface area contributed by atoms with E-state index < -0.39 is 22.0 Å². The molecule has 0 bridgehead atoms. The molecule has 0 spiro atoms. The lowest BCUT2D eigenvalue weighted by Gasteiger charge is -2.34. The number of sulfonamides is 1. The van der Waals surface area contributed by atoms with Gasteiger partial charge in [0, 0.05) is 0 Å². The van der Waals surface area contributed by atoms with Crippen LogP contribution < -0.4 is 14.8 Å². The minimum Gasteiger partial charge on any atom is -0.476 e. The molecule has 7 heteroatoms. The first-order valence-corrected chi connectivity index (χ1v) is 8.67. The van der Waals surface area contributed by atoms with Crippen LogP contribution in [0.1, 0.15) is 5.56 Å². The van der Waals surface area contributed by atoms with E-state index in [-0.39, 0.29) is 12.3 Å². The second kappa shape index (κ2) is 5.92. The fraction of sp³-hybridized carbons (Fsp3) is 0.188. The standard InChI is InChI=1S/C16H16N2O4S/c17-16(19)15-10-18(13-8-4-5-9-14(13)22-15)23(20,21)11-12-6-2-1-3-7-12/h1-9,15H,10-11H2,(H2,17,19)/t15-/m0/s1. The second-order valence-corrected chi connectivity index (χ2v) is 7.14. The third-order valence-electron chi connectivity index (χ3n) is 3.58. The lowest BCUT2D eigenvalue weighted by atomic mass is 10.2. The molecule has 0 aromatic heterocycles. The van der Waals surface area contributed by atoms with Crippen LogP contribution in [0.5, 0.6) is 5.75 Å². The van der Waals surface area contributed by atoms with Crippen molar-refractivity contribution >= 4 is 21.6 Å². The zero-order chi connectivity index (χ0) is 16.4. The highest BCUT2D eigenvalue weighted by atomic mass is 32.2. The third-order valence-corrected chi connectivity index (χ3v) is 5.30. The van der Waals surface area contributed by atoms with Gasteiger partial charge < -0.3 is 10.5 Å². The number of benzene rings is 2. The number of para-hydroxylation sites is 2. The molecule has 2 aromatic rings. The zero-order valence-corrected chi connectivity index (χ0v) is 13.1. The highest BCUT2D eigenvalue weighted by Gasteiger charge is 2.35. The van der Waals surface area contributed by atoms with Gasteiger partial charge in [-0.2, -0.15) is 0 Å². The van der Waals surface area contributed by atoms with E-state index in [2.05, 4.69) is 0 Å². The quantitative estimate of drug-likeness (QED) is 0.913. The Hall–Kier alpha value is -2.54. The predicted molar refractivity (Wildman–Crippen MR) is 86.5 cm³/mol. The van der Waals surface area contributed by atoms with Gasteiger partial charge in [-0.25, -0.2) is 8.42 Å². The summed E-state index contributed by atoms with van der Waals surface area (Å²) in [5.41, 5.74) is 6.39. The summed E-state index contributed by atoms with van der Waals surface area (Å²) in [6, 6.07) is 15.6. The fourth-order valence-electron chi connectivity index (χ4n) is 2.48. The van der Waals surface area contributed by atoms with Crippen molar-refractivity contribution in [2.45, 2.75) is 11.9 Å². The summed E-state index contributed by atoms with van der Waals surface area (Å²) < 4.78 is 32.3. The molecule has 0 radical (unpaired) electrons. The van der Waals surface area contributed by atoms with Gasteiger partial charge in [-0.1, -0.05) is 42.5 Å². The SMILES string of the molecule is NC(=O)[C@@H]1CN(S(=O)(=O)Cc2ccccc2)c2ccccc2O1. The summed E-state index contributed by atoms with van der Waals surface area (Å²) >= 11 is 0. The average molecular weight is 332 g/mol. The van der Waals surface area contributed by atoms with E-state index in [1.165, 1.54) is 4.31 Å². The van der Waals surface area contributed by atoms with E-state index >= 15 is 0 Å². The van der Waals surface area contributed by atoms with Gasteiger partial charge in [0.15, 0.2) is 6.10 Å². The lowest BCUT2D eigenvalue weighted by molar-refractivity contribution is -0.124. The molecule has 1 atom stereocenters. The van der Waals surface area contributed by atoms with Crippen molar-refractivity contribution in [2.24, 2.45) is 5.73 Å². The number of anilines is 1. The molecule has 6 nitrogen and oxygen atoms in total. The molecule has 2 N–H and O–H groups in total. The van der Waals surface area contributed by atoms with Crippen LogP contribution in [-0.2, 0) is 20.6 Å². The largest absolute Gasteiger partial charge is 0.476 e. The van der Waals surface area contributed by atoms with Crippen molar-refractivity contribution in [2.75, 3.05) is 10.8 Å². The molecule has 1 amide bonds. The molecule has 1 heterocycles. The van der Waals surface area contributed by atoms with Crippen molar-refractivity contribution in [3.63, 3.8) is 0 Å². The highest BCUT2D eigenvalue weighted by Crippen LogP contribution is 2.35. The van der Waals surface area contributed by atoms with Crippen LogP contribution in [0.3, 0.4) is 0 Å². The number of ether oxygens (including phenoxy) is 1. The molecule has 2 aromatic carbocycles. The second-order valence-electron chi connectivity index (χ2n) is 5.25. The van der Waals surface area contributed by atoms with Crippen LogP contribution in [0.15, 0.2) is 54.6 Å². The maximum absolute atomic E-state index is 12.8. The smallest absolute Gasteiger partial charge is 0.260 e. The third kappa shape index (κ3) is 3.14. The molecular formula is C16H16N2O4S. The van der Waals surface area contributed by atoms with Crippen molar-refractivity contribution in [1.82, 2.24) is 0 Å². The number of amides is 1. The summed E-state index contributed by atoms with van der Waals surface area (Å²) in [6.45, 7) is -0.123. The molecule has 23 heavy (non-hydrogen) atoms. The van der Waals surface area contributed by atoms with Crippen LogP contribution in [0, 0.1) is 0 Å². The number of fused-ring (bicyclic) bond motifs is 1. The van der Waals surface area contributed by atoms with E-state index in [9.17, 15) is 13.2 Å². The van der Waals surface area contributed by atoms with Gasteiger partial charge in [0.05, 0.1) is 18.0 Å². The Bertz CT molecular complexity index is 821. The Morgan fingerprint density at radius 3 is 2.48 bits per heavy atom. The molecule has 0 unspecified atom stereocenters. The van der Waals surface area contributed by atoms with Gasteiger partial charge in [0.1, 0.15) is 5.75 Å². The molecule has 1 aliphatic heterocycles. The summed E-state index contributed by atoms with van der Waals surface area (Å²) in [5.74, 6) is -0.521. The Labute approximate surface area is 134 Å². The van der Waals surface area contributed by atoms with E-state index in [1.807, 2.05) is 6.07 Å². The Morgan fingerprint density at radius 1 is 1.13 bits per heavy atom. The minimum atomic E-state index is -3.67. The van der Waals surface area contributed by atoms with Gasteiger partial charge in [-0.15, -0.1) is 0 Å². The first-order valence-electron chi connectivity index (χ1n) is 7.07. The Morgan fingerprint density at radius 2 is 1.78 bits per heavy atom. The average Bonchev–Trinajstić information content (AvgIpc) is 2.54. The van der Waals surface area contributed by atoms with Crippen molar-refractivity contribution in [3.05, 3.63) is 60.2 Å². The number of nitrogens with two attached hydrogens (primary N) is 1. The van der Waals surface area contributed by atoms with Gasteiger partial charge in [0.25, 0.3) is 5.91 Å². The van der Waals surface area contributed by atoms with Crippen LogP contribution >= 0.6 is 0 Å². The number of rotatable bonds is 4. The summed E-state index contributed by atoms with van der Waals surface area (Å²) in [4.78, 5) is 11.5. The zero-order valence-electron chi connectivity index (χ0n) is 12.3. The van der Waals surface area contributed by atoms with Gasteiger partial charge in [0.2, 0.25) is 10.0 Å². The molecule has 3 rings (SSSR count). The monoisotopic (exact) mass is 332 g/mol. The molecule has 120 valence electrons. The lowest BCUT2D eigenvalue weighted by Crippen LogP contribution is -2.49. The number of primary amides is 1. The first kappa shape index (κ1) is 15.4. The van der Waals surface area contributed by atoms with Crippen LogP contribution in [0.2, 0.25) is 0 Å². The van der Waals surface area contributed by atoms with E-state index in [0.717, 1.165) is 0 Å². The summed E-state index contributed by atoms with van der Waals surface area (Å²) in [6.07, 6.45) is -1.00. The Kier molecular flexibility index (Phi) is 3.96. The molecule has 0 aliphatic carbocycles.